The van der Waals surface area contributed by atoms with E-state index in [1.54, 1.807) is 0 Å². The predicted molar refractivity (Wildman–Crippen MR) is 71.4 cm³/mol. The van der Waals surface area contributed by atoms with Crippen molar-refractivity contribution in [1.29, 1.82) is 0 Å². The second-order valence-electron chi connectivity index (χ2n) is 5.33. The van der Waals surface area contributed by atoms with Crippen molar-refractivity contribution >= 4 is 11.6 Å². The first-order valence-corrected chi connectivity index (χ1v) is 6.52. The molecule has 1 atom stereocenters. The number of fused-ring (bicyclic) bond motifs is 1. The summed E-state index contributed by atoms with van der Waals surface area (Å²) in [5.41, 5.74) is 9.53. The highest BCUT2D eigenvalue weighted by molar-refractivity contribution is 5.99. The van der Waals surface area contributed by atoms with Crippen molar-refractivity contribution in [1.82, 2.24) is 4.90 Å². The zero-order chi connectivity index (χ0) is 12.7. The van der Waals surface area contributed by atoms with Crippen molar-refractivity contribution in [3.63, 3.8) is 0 Å². The molecule has 0 radical (unpaired) electrons. The van der Waals surface area contributed by atoms with Gasteiger partial charge in [0.05, 0.1) is 6.04 Å². The minimum absolute atomic E-state index is 0.0582. The lowest BCUT2D eigenvalue weighted by Gasteiger charge is -2.26. The molecular weight excluding hydrogens is 226 g/mol. The Hall–Kier alpha value is -1.39. The number of amides is 1. The van der Waals surface area contributed by atoms with Gasteiger partial charge in [-0.3, -0.25) is 4.79 Å². The summed E-state index contributed by atoms with van der Waals surface area (Å²) >= 11 is 0. The Morgan fingerprint density at radius 1 is 1.28 bits per heavy atom. The van der Waals surface area contributed by atoms with E-state index in [9.17, 15) is 4.79 Å². The molecule has 1 amide bonds. The average molecular weight is 245 g/mol. The van der Waals surface area contributed by atoms with Gasteiger partial charge in [0, 0.05) is 25.3 Å². The molecule has 96 valence electrons. The van der Waals surface area contributed by atoms with Crippen LogP contribution in [0.5, 0.6) is 0 Å². The molecule has 18 heavy (non-hydrogen) atoms. The molecule has 2 N–H and O–H groups in total. The van der Waals surface area contributed by atoms with Crippen LogP contribution in [0.15, 0.2) is 18.2 Å². The fraction of sp³-hybridized carbons (Fsp3) is 0.500. The number of anilines is 1. The molecule has 2 aliphatic heterocycles. The monoisotopic (exact) mass is 245 g/mol. The largest absolute Gasteiger partial charge is 0.320 e. The molecule has 1 aromatic rings. The normalized spacial score (nSPS) is 24.4. The molecule has 2 heterocycles. The Kier molecular flexibility index (Phi) is 2.84. The molecule has 0 unspecified atom stereocenters. The van der Waals surface area contributed by atoms with Crippen molar-refractivity contribution in [2.45, 2.75) is 25.4 Å². The van der Waals surface area contributed by atoms with Crippen LogP contribution in [0.2, 0.25) is 0 Å². The molecule has 0 saturated carbocycles. The van der Waals surface area contributed by atoms with Crippen molar-refractivity contribution in [2.75, 3.05) is 25.0 Å². The lowest BCUT2D eigenvalue weighted by atomic mass is 9.99. The number of benzene rings is 1. The van der Waals surface area contributed by atoms with Crippen LogP contribution in [-0.4, -0.2) is 37.0 Å². The second-order valence-corrected chi connectivity index (χ2v) is 5.33. The molecule has 4 nitrogen and oxygen atoms in total. The summed E-state index contributed by atoms with van der Waals surface area (Å²) in [6, 6.07) is 6.05. The van der Waals surface area contributed by atoms with Gasteiger partial charge in [-0.2, -0.15) is 0 Å². The van der Waals surface area contributed by atoms with Crippen molar-refractivity contribution in [3.05, 3.63) is 29.3 Å². The van der Waals surface area contributed by atoms with Gasteiger partial charge in [0.1, 0.15) is 0 Å². The molecule has 3 rings (SSSR count). The highest BCUT2D eigenvalue weighted by atomic mass is 16.2. The minimum atomic E-state index is -0.313. The highest BCUT2D eigenvalue weighted by Crippen LogP contribution is 2.26. The first-order chi connectivity index (χ1) is 8.65. The fourth-order valence-corrected chi connectivity index (χ4v) is 2.81. The van der Waals surface area contributed by atoms with Gasteiger partial charge in [0.2, 0.25) is 5.91 Å². The SMILES string of the molecule is CN1CCc2cc(N3CC[C@H](N)C3=O)ccc2C1. The van der Waals surface area contributed by atoms with Crippen LogP contribution in [0.25, 0.3) is 0 Å². The number of hydrogen-bond acceptors (Lipinski definition) is 3. The Morgan fingerprint density at radius 2 is 2.11 bits per heavy atom. The Bertz CT molecular complexity index is 486. The van der Waals surface area contributed by atoms with Crippen molar-refractivity contribution < 1.29 is 4.79 Å². The van der Waals surface area contributed by atoms with E-state index in [0.717, 1.165) is 38.2 Å². The number of carbonyl (C=O) groups is 1. The number of likely N-dealkylation sites (N-methyl/N-ethyl adjacent to an activating group) is 1. The van der Waals surface area contributed by atoms with E-state index in [2.05, 4.69) is 24.1 Å². The average Bonchev–Trinajstić information content (AvgIpc) is 2.69. The predicted octanol–water partition coefficient (Wildman–Crippen LogP) is 0.738. The molecule has 2 aliphatic rings. The smallest absolute Gasteiger partial charge is 0.243 e. The summed E-state index contributed by atoms with van der Waals surface area (Å²) in [6.45, 7) is 2.84. The summed E-state index contributed by atoms with van der Waals surface area (Å²) in [5.74, 6) is 0.0582. The first kappa shape index (κ1) is 11.7. The molecule has 1 saturated heterocycles. The third-order valence-electron chi connectivity index (χ3n) is 3.95. The maximum atomic E-state index is 11.9. The lowest BCUT2D eigenvalue weighted by Crippen LogP contribution is -2.34. The molecule has 0 bridgehead atoms. The third-order valence-corrected chi connectivity index (χ3v) is 3.95. The number of nitrogens with zero attached hydrogens (tertiary/aromatic N) is 2. The zero-order valence-electron chi connectivity index (χ0n) is 10.7. The van der Waals surface area contributed by atoms with Crippen LogP contribution >= 0.6 is 0 Å². The number of hydrogen-bond donors (Lipinski definition) is 1. The van der Waals surface area contributed by atoms with Gasteiger partial charge in [-0.05, 0) is 43.1 Å². The van der Waals surface area contributed by atoms with E-state index in [1.807, 2.05) is 11.0 Å². The molecule has 1 aromatic carbocycles. The van der Waals surface area contributed by atoms with E-state index in [1.165, 1.54) is 11.1 Å². The van der Waals surface area contributed by atoms with Gasteiger partial charge in [-0.1, -0.05) is 6.07 Å². The summed E-state index contributed by atoms with van der Waals surface area (Å²) in [4.78, 5) is 16.1. The third kappa shape index (κ3) is 1.91. The Labute approximate surface area is 107 Å². The van der Waals surface area contributed by atoms with Gasteiger partial charge in [0.25, 0.3) is 0 Å². The second kappa shape index (κ2) is 4.37. The van der Waals surface area contributed by atoms with Gasteiger partial charge in [-0.25, -0.2) is 0 Å². The van der Waals surface area contributed by atoms with Crippen LogP contribution in [0.4, 0.5) is 5.69 Å². The van der Waals surface area contributed by atoms with E-state index in [0.29, 0.717) is 0 Å². The van der Waals surface area contributed by atoms with Crippen LogP contribution < -0.4 is 10.6 Å². The summed E-state index contributed by atoms with van der Waals surface area (Å²) in [5, 5.41) is 0. The summed E-state index contributed by atoms with van der Waals surface area (Å²) in [6.07, 6.45) is 1.83. The molecule has 0 spiro atoms. The molecule has 0 aromatic heterocycles. The fourth-order valence-electron chi connectivity index (χ4n) is 2.81. The lowest BCUT2D eigenvalue weighted by molar-refractivity contribution is -0.118. The number of rotatable bonds is 1. The minimum Gasteiger partial charge on any atom is -0.320 e. The maximum Gasteiger partial charge on any atom is 0.243 e. The van der Waals surface area contributed by atoms with Gasteiger partial charge >= 0.3 is 0 Å². The van der Waals surface area contributed by atoms with Gasteiger partial charge < -0.3 is 15.5 Å². The first-order valence-electron chi connectivity index (χ1n) is 6.52. The Morgan fingerprint density at radius 3 is 2.83 bits per heavy atom. The number of nitrogens with two attached hydrogens (primary N) is 1. The Balaban J connectivity index is 1.89. The summed E-state index contributed by atoms with van der Waals surface area (Å²) < 4.78 is 0. The molecule has 0 aliphatic carbocycles. The van der Waals surface area contributed by atoms with E-state index in [-0.39, 0.29) is 11.9 Å². The van der Waals surface area contributed by atoms with Crippen LogP contribution in [0.1, 0.15) is 17.5 Å². The summed E-state index contributed by atoms with van der Waals surface area (Å²) in [7, 11) is 2.14. The highest BCUT2D eigenvalue weighted by Gasteiger charge is 2.30. The topological polar surface area (TPSA) is 49.6 Å². The van der Waals surface area contributed by atoms with Gasteiger partial charge in [0.15, 0.2) is 0 Å². The van der Waals surface area contributed by atoms with Crippen LogP contribution in [-0.2, 0) is 17.8 Å². The van der Waals surface area contributed by atoms with Crippen LogP contribution in [0, 0.1) is 0 Å². The van der Waals surface area contributed by atoms with Gasteiger partial charge in [-0.15, -0.1) is 0 Å². The quantitative estimate of drug-likeness (QED) is 0.794. The van der Waals surface area contributed by atoms with E-state index >= 15 is 0 Å². The molecule has 1 fully saturated rings. The molecular formula is C14H19N3O. The number of carbonyl (C=O) groups excluding carboxylic acids is 1. The standard InChI is InChI=1S/C14H19N3O/c1-16-6-4-10-8-12(3-2-11(10)9-16)17-7-5-13(15)14(17)18/h2-3,8,13H,4-7,9,15H2,1H3/t13-/m0/s1. The van der Waals surface area contributed by atoms with Crippen molar-refractivity contribution in [3.8, 4) is 0 Å². The van der Waals surface area contributed by atoms with E-state index < -0.39 is 0 Å². The van der Waals surface area contributed by atoms with E-state index in [4.69, 9.17) is 5.73 Å². The van der Waals surface area contributed by atoms with Crippen LogP contribution in [0.3, 0.4) is 0 Å². The zero-order valence-corrected chi connectivity index (χ0v) is 10.7. The molecule has 4 heteroatoms. The maximum absolute atomic E-state index is 11.9. The van der Waals surface area contributed by atoms with Crippen molar-refractivity contribution in [2.24, 2.45) is 5.73 Å².